The number of anilines is 2. The molecule has 0 bridgehead atoms. The number of nitrogens with one attached hydrogen (secondary N) is 1. The Hall–Kier alpha value is -2.84. The van der Waals surface area contributed by atoms with Crippen LogP contribution in [-0.2, 0) is 16.1 Å². The topological polar surface area (TPSA) is 76.2 Å². The Kier molecular flexibility index (Phi) is 6.95. The number of likely N-dealkylation sites (tertiary alicyclic amines) is 2. The minimum absolute atomic E-state index is 0.195. The quantitative estimate of drug-likeness (QED) is 0.580. The van der Waals surface area contributed by atoms with Gasteiger partial charge in [0.15, 0.2) is 0 Å². The predicted octanol–water partition coefficient (Wildman–Crippen LogP) is 5.41. The Morgan fingerprint density at radius 3 is 2.55 bits per heavy atom. The molecular formula is C30H40N4O4. The summed E-state index contributed by atoms with van der Waals surface area (Å²) in [5.74, 6) is 2.82. The van der Waals surface area contributed by atoms with Gasteiger partial charge in [0.05, 0.1) is 5.69 Å². The maximum absolute atomic E-state index is 12.3. The van der Waals surface area contributed by atoms with Gasteiger partial charge in [0.25, 0.3) is 0 Å². The van der Waals surface area contributed by atoms with Crippen molar-refractivity contribution in [2.24, 2.45) is 0 Å². The van der Waals surface area contributed by atoms with Crippen LogP contribution in [0, 0.1) is 0 Å². The highest BCUT2D eigenvalue weighted by atomic mass is 16.6. The number of hydrogen-bond acceptors (Lipinski definition) is 7. The number of hydrogen-bond donors (Lipinski definition) is 1. The zero-order valence-electron chi connectivity index (χ0n) is 22.9. The number of carbonyl (C=O) groups is 1. The zero-order chi connectivity index (χ0) is 26.3. The molecule has 1 aromatic carbocycles. The third kappa shape index (κ3) is 5.34. The lowest BCUT2D eigenvalue weighted by Gasteiger charge is -2.47. The average Bonchev–Trinajstić information content (AvgIpc) is 3.06. The Labute approximate surface area is 225 Å². The molecule has 3 fully saturated rings. The SMILES string of the molecule is CC(C)(C)OC(=O)N1CC(N2CCC(c3ccc4c(c3)Nc3nccc(C5CCOCC5)c3CO4)CC2)C1. The molecular weight excluding hydrogens is 480 g/mol. The number of nitrogens with zero attached hydrogens (tertiary/aromatic N) is 3. The summed E-state index contributed by atoms with van der Waals surface area (Å²) < 4.78 is 17.4. The van der Waals surface area contributed by atoms with Crippen LogP contribution in [0.5, 0.6) is 5.75 Å². The smallest absolute Gasteiger partial charge is 0.410 e. The van der Waals surface area contributed by atoms with E-state index in [1.807, 2.05) is 31.9 Å². The van der Waals surface area contributed by atoms with Gasteiger partial charge in [-0.3, -0.25) is 4.90 Å². The second-order valence-corrected chi connectivity index (χ2v) is 12.1. The summed E-state index contributed by atoms with van der Waals surface area (Å²) in [6, 6.07) is 9.22. The van der Waals surface area contributed by atoms with Gasteiger partial charge in [-0.1, -0.05) is 6.07 Å². The molecule has 0 atom stereocenters. The van der Waals surface area contributed by atoms with Crippen molar-refractivity contribution in [3.8, 4) is 5.75 Å². The van der Waals surface area contributed by atoms with Crippen LogP contribution < -0.4 is 10.1 Å². The Morgan fingerprint density at radius 1 is 1.05 bits per heavy atom. The highest BCUT2D eigenvalue weighted by Crippen LogP contribution is 2.40. The van der Waals surface area contributed by atoms with Gasteiger partial charge in [0.2, 0.25) is 0 Å². The van der Waals surface area contributed by atoms with Crippen LogP contribution in [0.15, 0.2) is 30.5 Å². The van der Waals surface area contributed by atoms with Gasteiger partial charge in [-0.05, 0) is 101 Å². The minimum atomic E-state index is -0.445. The largest absolute Gasteiger partial charge is 0.487 e. The van der Waals surface area contributed by atoms with E-state index < -0.39 is 5.60 Å². The standard InChI is InChI=1S/C30H40N4O4/c1-30(2,3)38-29(35)34-17-23(18-34)33-12-7-20(8-13-33)22-4-5-27-26(16-22)32-28-25(19-37-27)24(6-11-31-28)21-9-14-36-15-10-21/h4-6,11,16,20-21,23H,7-10,12-15,17-19H2,1-3H3,(H,31,32). The van der Waals surface area contributed by atoms with E-state index >= 15 is 0 Å². The number of pyridine rings is 1. The van der Waals surface area contributed by atoms with Crippen LogP contribution >= 0.6 is 0 Å². The first-order valence-corrected chi connectivity index (χ1v) is 14.2. The van der Waals surface area contributed by atoms with E-state index in [4.69, 9.17) is 19.2 Å². The lowest BCUT2D eigenvalue weighted by molar-refractivity contribution is -0.0196. The van der Waals surface area contributed by atoms with Crippen LogP contribution in [-0.4, -0.2) is 71.9 Å². The maximum atomic E-state index is 12.3. The number of amides is 1. The van der Waals surface area contributed by atoms with Crippen LogP contribution in [0.2, 0.25) is 0 Å². The van der Waals surface area contributed by atoms with Crippen molar-refractivity contribution in [1.29, 1.82) is 0 Å². The van der Waals surface area contributed by atoms with Crippen molar-refractivity contribution >= 4 is 17.6 Å². The van der Waals surface area contributed by atoms with E-state index in [9.17, 15) is 4.79 Å². The molecule has 3 saturated heterocycles. The lowest BCUT2D eigenvalue weighted by atomic mass is 9.88. The van der Waals surface area contributed by atoms with Gasteiger partial charge in [0, 0.05) is 44.1 Å². The van der Waals surface area contributed by atoms with Crippen molar-refractivity contribution in [3.63, 3.8) is 0 Å². The summed E-state index contributed by atoms with van der Waals surface area (Å²) in [7, 11) is 0. The monoisotopic (exact) mass is 520 g/mol. The number of ether oxygens (including phenoxy) is 3. The first-order chi connectivity index (χ1) is 18.3. The van der Waals surface area contributed by atoms with E-state index in [0.717, 1.165) is 82.3 Å². The van der Waals surface area contributed by atoms with Gasteiger partial charge in [-0.2, -0.15) is 0 Å². The molecule has 8 nitrogen and oxygen atoms in total. The molecule has 204 valence electrons. The molecule has 0 spiro atoms. The van der Waals surface area contributed by atoms with Crippen molar-refractivity contribution < 1.29 is 19.0 Å². The van der Waals surface area contributed by atoms with Gasteiger partial charge < -0.3 is 24.4 Å². The third-order valence-corrected chi connectivity index (χ3v) is 8.41. The molecule has 0 radical (unpaired) electrons. The summed E-state index contributed by atoms with van der Waals surface area (Å²) in [4.78, 5) is 21.3. The molecule has 4 aliphatic heterocycles. The zero-order valence-corrected chi connectivity index (χ0v) is 22.9. The van der Waals surface area contributed by atoms with Crippen molar-refractivity contribution in [2.45, 2.75) is 76.5 Å². The highest BCUT2D eigenvalue weighted by Gasteiger charge is 2.38. The van der Waals surface area contributed by atoms with E-state index in [2.05, 4.69) is 34.5 Å². The number of rotatable bonds is 3. The summed E-state index contributed by atoms with van der Waals surface area (Å²) >= 11 is 0. The fraction of sp³-hybridized carbons (Fsp3) is 0.600. The molecule has 8 heteroatoms. The van der Waals surface area contributed by atoms with Crippen LogP contribution in [0.1, 0.15) is 75.0 Å². The molecule has 0 unspecified atom stereocenters. The Morgan fingerprint density at radius 2 is 1.82 bits per heavy atom. The molecule has 1 aromatic heterocycles. The number of fused-ring (bicyclic) bond motifs is 2. The second kappa shape index (κ2) is 10.4. The molecule has 5 heterocycles. The lowest BCUT2D eigenvalue weighted by Crippen LogP contribution is -2.62. The summed E-state index contributed by atoms with van der Waals surface area (Å²) in [5.41, 5.74) is 4.43. The van der Waals surface area contributed by atoms with Crippen molar-refractivity contribution in [2.75, 3.05) is 44.7 Å². The Bertz CT molecular complexity index is 1160. The molecule has 0 saturated carbocycles. The molecule has 1 N–H and O–H groups in total. The fourth-order valence-electron chi connectivity index (χ4n) is 6.22. The first-order valence-electron chi connectivity index (χ1n) is 14.2. The summed E-state index contributed by atoms with van der Waals surface area (Å²) in [6.07, 6.45) is 6.06. The molecule has 38 heavy (non-hydrogen) atoms. The van der Waals surface area contributed by atoms with E-state index in [1.54, 1.807) is 0 Å². The highest BCUT2D eigenvalue weighted by molar-refractivity contribution is 5.70. The number of benzene rings is 1. The summed E-state index contributed by atoms with van der Waals surface area (Å²) in [6.45, 7) is 11.6. The third-order valence-electron chi connectivity index (χ3n) is 8.41. The van der Waals surface area contributed by atoms with Gasteiger partial charge in [-0.25, -0.2) is 9.78 Å². The van der Waals surface area contributed by atoms with E-state index in [0.29, 0.717) is 24.5 Å². The van der Waals surface area contributed by atoms with Crippen molar-refractivity contribution in [3.05, 3.63) is 47.2 Å². The average molecular weight is 521 g/mol. The Balaban J connectivity index is 1.08. The van der Waals surface area contributed by atoms with E-state index in [-0.39, 0.29) is 6.09 Å². The normalized spacial score (nSPS) is 21.4. The second-order valence-electron chi connectivity index (χ2n) is 12.1. The number of aromatic nitrogens is 1. The molecule has 0 aliphatic carbocycles. The van der Waals surface area contributed by atoms with Crippen LogP contribution in [0.3, 0.4) is 0 Å². The number of piperidine rings is 1. The molecule has 4 aliphatic rings. The molecule has 1 amide bonds. The van der Waals surface area contributed by atoms with Crippen LogP contribution in [0.25, 0.3) is 0 Å². The maximum Gasteiger partial charge on any atom is 0.410 e. The molecule has 2 aromatic rings. The first kappa shape index (κ1) is 25.4. The summed E-state index contributed by atoms with van der Waals surface area (Å²) in [5, 5.41) is 3.61. The van der Waals surface area contributed by atoms with Crippen molar-refractivity contribution in [1.82, 2.24) is 14.8 Å². The van der Waals surface area contributed by atoms with Gasteiger partial charge in [-0.15, -0.1) is 0 Å². The van der Waals surface area contributed by atoms with Gasteiger partial charge >= 0.3 is 6.09 Å². The molecule has 6 rings (SSSR count). The van der Waals surface area contributed by atoms with E-state index in [1.165, 1.54) is 16.7 Å². The van der Waals surface area contributed by atoms with Gasteiger partial charge in [0.1, 0.15) is 23.8 Å². The minimum Gasteiger partial charge on any atom is -0.487 e. The number of carbonyl (C=O) groups excluding carboxylic acids is 1. The fourth-order valence-corrected chi connectivity index (χ4v) is 6.22. The predicted molar refractivity (Wildman–Crippen MR) is 146 cm³/mol. The van der Waals surface area contributed by atoms with Crippen LogP contribution in [0.4, 0.5) is 16.3 Å².